The van der Waals surface area contributed by atoms with Crippen LogP contribution in [0.4, 0.5) is 0 Å². The van der Waals surface area contributed by atoms with Gasteiger partial charge >= 0.3 is 0 Å². The fourth-order valence-corrected chi connectivity index (χ4v) is 1.80. The summed E-state index contributed by atoms with van der Waals surface area (Å²) in [5.41, 5.74) is 1.17. The smallest absolute Gasteiger partial charge is 0.203 e. The van der Waals surface area contributed by atoms with E-state index in [2.05, 4.69) is 12.2 Å². The van der Waals surface area contributed by atoms with E-state index in [0.29, 0.717) is 12.3 Å². The molecule has 2 aromatic rings. The van der Waals surface area contributed by atoms with Gasteiger partial charge in [0.15, 0.2) is 0 Å². The van der Waals surface area contributed by atoms with Gasteiger partial charge in [-0.25, -0.2) is 0 Å². The number of hydrogen-bond donors (Lipinski definition) is 1. The number of nitrogens with one attached hydrogen (secondary N) is 1. The quantitative estimate of drug-likeness (QED) is 0.893. The molecule has 1 aromatic carbocycles. The Balaban J connectivity index is 1.93. The average Bonchev–Trinajstić information content (AvgIpc) is 2.93. The van der Waals surface area contributed by atoms with Crippen molar-refractivity contribution in [2.24, 2.45) is 0 Å². The molecule has 0 fully saturated rings. The summed E-state index contributed by atoms with van der Waals surface area (Å²) in [6, 6.07) is 13.6. The highest BCUT2D eigenvalue weighted by molar-refractivity contribution is 5.28. The van der Waals surface area contributed by atoms with Crippen LogP contribution in [0.25, 0.3) is 0 Å². The topological polar surface area (TPSA) is 58.2 Å². The molecule has 0 saturated carbocycles. The van der Waals surface area contributed by atoms with Gasteiger partial charge in [-0.3, -0.25) is 0 Å². The van der Waals surface area contributed by atoms with Crippen molar-refractivity contribution >= 4 is 0 Å². The molecule has 0 bridgehead atoms. The first kappa shape index (κ1) is 13.2. The highest BCUT2D eigenvalue weighted by atomic mass is 16.5. The standard InChI is InChI=1S/C15H16N2O2/c1-11(12-3-5-13(18-2)6-4-12)17-10-15-8-7-14(9-16)19-15/h3-8,11,17H,10H2,1-2H3/t11-/m0/s1. The van der Waals surface area contributed by atoms with Gasteiger partial charge in [0.1, 0.15) is 17.6 Å². The highest BCUT2D eigenvalue weighted by Crippen LogP contribution is 2.18. The SMILES string of the molecule is COc1ccc([C@H](C)NCc2ccc(C#N)o2)cc1. The van der Waals surface area contributed by atoms with Crippen LogP contribution in [0.15, 0.2) is 40.8 Å². The number of furan rings is 1. The van der Waals surface area contributed by atoms with Gasteiger partial charge in [0, 0.05) is 6.04 Å². The van der Waals surface area contributed by atoms with E-state index >= 15 is 0 Å². The van der Waals surface area contributed by atoms with E-state index in [4.69, 9.17) is 14.4 Å². The Kier molecular flexibility index (Phi) is 4.22. The van der Waals surface area contributed by atoms with Crippen LogP contribution in [0.2, 0.25) is 0 Å². The second-order valence-electron chi connectivity index (χ2n) is 4.25. The molecule has 0 radical (unpaired) electrons. The molecular weight excluding hydrogens is 240 g/mol. The second kappa shape index (κ2) is 6.07. The monoisotopic (exact) mass is 256 g/mol. The number of hydrogen-bond acceptors (Lipinski definition) is 4. The number of ether oxygens (including phenoxy) is 1. The molecule has 4 heteroatoms. The predicted molar refractivity (Wildman–Crippen MR) is 71.7 cm³/mol. The van der Waals surface area contributed by atoms with E-state index in [0.717, 1.165) is 11.5 Å². The minimum absolute atomic E-state index is 0.196. The first-order valence-electron chi connectivity index (χ1n) is 6.09. The summed E-state index contributed by atoms with van der Waals surface area (Å²) in [4.78, 5) is 0. The van der Waals surface area contributed by atoms with E-state index in [9.17, 15) is 0 Å². The van der Waals surface area contributed by atoms with Crippen LogP contribution in [-0.4, -0.2) is 7.11 Å². The van der Waals surface area contributed by atoms with Gasteiger partial charge in [-0.2, -0.15) is 5.26 Å². The Morgan fingerprint density at radius 3 is 2.58 bits per heavy atom. The van der Waals surface area contributed by atoms with Crippen LogP contribution in [0.3, 0.4) is 0 Å². The Morgan fingerprint density at radius 1 is 1.26 bits per heavy atom. The maximum Gasteiger partial charge on any atom is 0.203 e. The van der Waals surface area contributed by atoms with Gasteiger partial charge in [-0.15, -0.1) is 0 Å². The first-order valence-corrected chi connectivity index (χ1v) is 6.09. The zero-order valence-corrected chi connectivity index (χ0v) is 11.0. The summed E-state index contributed by atoms with van der Waals surface area (Å²) in [7, 11) is 1.65. The van der Waals surface area contributed by atoms with Gasteiger partial charge in [0.25, 0.3) is 0 Å². The van der Waals surface area contributed by atoms with Crippen LogP contribution in [0, 0.1) is 11.3 Å². The normalized spacial score (nSPS) is 11.8. The third-order valence-corrected chi connectivity index (χ3v) is 2.97. The van der Waals surface area contributed by atoms with E-state index < -0.39 is 0 Å². The molecule has 1 aromatic heterocycles. The largest absolute Gasteiger partial charge is 0.497 e. The zero-order chi connectivity index (χ0) is 13.7. The van der Waals surface area contributed by atoms with Crippen LogP contribution in [-0.2, 0) is 6.54 Å². The molecule has 4 nitrogen and oxygen atoms in total. The molecule has 0 aliphatic rings. The molecule has 1 N–H and O–H groups in total. The van der Waals surface area contributed by atoms with Crippen molar-refractivity contribution < 1.29 is 9.15 Å². The molecule has 2 rings (SSSR count). The number of nitrogens with zero attached hydrogens (tertiary/aromatic N) is 1. The lowest BCUT2D eigenvalue weighted by Crippen LogP contribution is -2.17. The van der Waals surface area contributed by atoms with E-state index in [1.807, 2.05) is 36.4 Å². The fourth-order valence-electron chi connectivity index (χ4n) is 1.80. The van der Waals surface area contributed by atoms with Crippen molar-refractivity contribution in [3.63, 3.8) is 0 Å². The lowest BCUT2D eigenvalue weighted by atomic mass is 10.1. The molecule has 0 unspecified atom stereocenters. The number of nitriles is 1. The summed E-state index contributed by atoms with van der Waals surface area (Å²) in [6.45, 7) is 2.67. The van der Waals surface area contributed by atoms with Gasteiger partial charge in [0.2, 0.25) is 5.76 Å². The average molecular weight is 256 g/mol. The number of methoxy groups -OCH3 is 1. The summed E-state index contributed by atoms with van der Waals surface area (Å²) in [6.07, 6.45) is 0. The van der Waals surface area contributed by atoms with Crippen LogP contribution in [0.1, 0.15) is 30.0 Å². The molecule has 0 aliphatic heterocycles. The van der Waals surface area contributed by atoms with Crippen LogP contribution < -0.4 is 10.1 Å². The Morgan fingerprint density at radius 2 is 2.00 bits per heavy atom. The molecule has 1 atom stereocenters. The van der Waals surface area contributed by atoms with Crippen LogP contribution >= 0.6 is 0 Å². The van der Waals surface area contributed by atoms with Crippen molar-refractivity contribution in [3.8, 4) is 11.8 Å². The first-order chi connectivity index (χ1) is 9.22. The van der Waals surface area contributed by atoms with Crippen molar-refractivity contribution in [2.75, 3.05) is 7.11 Å². The summed E-state index contributed by atoms with van der Waals surface area (Å²) in [5.74, 6) is 1.95. The lowest BCUT2D eigenvalue weighted by Gasteiger charge is -2.13. The molecule has 0 aliphatic carbocycles. The second-order valence-corrected chi connectivity index (χ2v) is 4.25. The minimum Gasteiger partial charge on any atom is -0.497 e. The molecular formula is C15H16N2O2. The summed E-state index contributed by atoms with van der Waals surface area (Å²) >= 11 is 0. The molecule has 0 spiro atoms. The summed E-state index contributed by atoms with van der Waals surface area (Å²) < 4.78 is 10.4. The maximum atomic E-state index is 8.68. The van der Waals surface area contributed by atoms with E-state index in [1.165, 1.54) is 5.56 Å². The summed E-state index contributed by atoms with van der Waals surface area (Å²) in [5, 5.41) is 12.0. The fraction of sp³-hybridized carbons (Fsp3) is 0.267. The third-order valence-electron chi connectivity index (χ3n) is 2.97. The number of rotatable bonds is 5. The third kappa shape index (κ3) is 3.36. The number of benzene rings is 1. The van der Waals surface area contributed by atoms with Crippen LogP contribution in [0.5, 0.6) is 5.75 Å². The maximum absolute atomic E-state index is 8.68. The highest BCUT2D eigenvalue weighted by Gasteiger charge is 2.07. The molecule has 0 amide bonds. The minimum atomic E-state index is 0.196. The van der Waals surface area contributed by atoms with Gasteiger partial charge < -0.3 is 14.5 Å². The van der Waals surface area contributed by atoms with Crippen molar-refractivity contribution in [3.05, 3.63) is 53.5 Å². The molecule has 19 heavy (non-hydrogen) atoms. The molecule has 98 valence electrons. The van der Waals surface area contributed by atoms with Crippen molar-refractivity contribution in [1.82, 2.24) is 5.32 Å². The Hall–Kier alpha value is -2.25. The van der Waals surface area contributed by atoms with Gasteiger partial charge in [0.05, 0.1) is 13.7 Å². The molecule has 1 heterocycles. The van der Waals surface area contributed by atoms with E-state index in [1.54, 1.807) is 13.2 Å². The lowest BCUT2D eigenvalue weighted by molar-refractivity contribution is 0.414. The van der Waals surface area contributed by atoms with Crippen molar-refractivity contribution in [1.29, 1.82) is 5.26 Å². The van der Waals surface area contributed by atoms with Gasteiger partial charge in [-0.05, 0) is 36.8 Å². The Labute approximate surface area is 112 Å². The predicted octanol–water partition coefficient (Wildman–Crippen LogP) is 3.01. The zero-order valence-electron chi connectivity index (χ0n) is 11.0. The van der Waals surface area contributed by atoms with Gasteiger partial charge in [-0.1, -0.05) is 12.1 Å². The molecule has 0 saturated heterocycles. The van der Waals surface area contributed by atoms with E-state index in [-0.39, 0.29) is 6.04 Å². The van der Waals surface area contributed by atoms with Crippen molar-refractivity contribution in [2.45, 2.75) is 19.5 Å². The Bertz CT molecular complexity index is 567.